The molecule has 3 N–H and O–H groups in total. The van der Waals surface area contributed by atoms with E-state index in [4.69, 9.17) is 15.6 Å². The Kier molecular flexibility index (Phi) is 3.71. The number of carboxylic acids is 1. The summed E-state index contributed by atoms with van der Waals surface area (Å²) < 4.78 is 5.02. The molecular weight excluding hydrogens is 182 g/mol. The van der Waals surface area contributed by atoms with Crippen LogP contribution in [0, 0.1) is 5.92 Å². The van der Waals surface area contributed by atoms with Crippen LogP contribution in [0.2, 0.25) is 0 Å². The van der Waals surface area contributed by atoms with Crippen molar-refractivity contribution in [1.29, 1.82) is 0 Å². The average Bonchev–Trinajstić information content (AvgIpc) is 2.19. The number of aliphatic carboxylic acids is 1. The molecule has 0 fully saturated rings. The van der Waals surface area contributed by atoms with E-state index in [0.29, 0.717) is 6.42 Å². The highest BCUT2D eigenvalue weighted by molar-refractivity contribution is 5.73. The number of rotatable bonds is 4. The maximum atomic E-state index is 10.5. The molecule has 0 aromatic rings. The fourth-order valence-corrected chi connectivity index (χ4v) is 1.40. The van der Waals surface area contributed by atoms with Gasteiger partial charge < -0.3 is 15.6 Å². The van der Waals surface area contributed by atoms with Gasteiger partial charge in [0.05, 0.1) is 7.11 Å². The Balaban J connectivity index is 2.41. The summed E-state index contributed by atoms with van der Waals surface area (Å²) in [6.07, 6.45) is 7.00. The maximum Gasteiger partial charge on any atom is 0.320 e. The molecule has 0 bridgehead atoms. The van der Waals surface area contributed by atoms with Gasteiger partial charge in [0.1, 0.15) is 11.8 Å². The van der Waals surface area contributed by atoms with E-state index in [2.05, 4.69) is 0 Å². The molecule has 0 aliphatic heterocycles. The second kappa shape index (κ2) is 4.81. The third-order valence-electron chi connectivity index (χ3n) is 2.26. The largest absolute Gasteiger partial charge is 0.497 e. The van der Waals surface area contributed by atoms with Crippen LogP contribution in [0.4, 0.5) is 0 Å². The van der Waals surface area contributed by atoms with Crippen molar-refractivity contribution in [2.75, 3.05) is 7.11 Å². The molecule has 0 saturated carbocycles. The van der Waals surface area contributed by atoms with Crippen molar-refractivity contribution in [3.63, 3.8) is 0 Å². The van der Waals surface area contributed by atoms with Gasteiger partial charge in [-0.3, -0.25) is 4.79 Å². The van der Waals surface area contributed by atoms with Crippen LogP contribution in [0.1, 0.15) is 12.8 Å². The molecule has 1 aliphatic carbocycles. The third-order valence-corrected chi connectivity index (χ3v) is 2.26. The maximum absolute atomic E-state index is 10.5. The molecule has 0 spiro atoms. The SMILES string of the molecule is COC1=CCC(CC(N)C(=O)O)C=C1. The molecule has 2 atom stereocenters. The Bertz CT molecular complexity index is 271. The lowest BCUT2D eigenvalue weighted by molar-refractivity contribution is -0.138. The van der Waals surface area contributed by atoms with Gasteiger partial charge in [0.2, 0.25) is 0 Å². The first-order chi connectivity index (χ1) is 6.63. The highest BCUT2D eigenvalue weighted by atomic mass is 16.5. The van der Waals surface area contributed by atoms with Gasteiger partial charge in [-0.05, 0) is 30.9 Å². The second-order valence-electron chi connectivity index (χ2n) is 3.35. The van der Waals surface area contributed by atoms with Crippen LogP contribution in [0.15, 0.2) is 24.0 Å². The van der Waals surface area contributed by atoms with Gasteiger partial charge >= 0.3 is 5.97 Å². The van der Waals surface area contributed by atoms with E-state index < -0.39 is 12.0 Å². The molecular formula is C10H15NO3. The second-order valence-corrected chi connectivity index (χ2v) is 3.35. The van der Waals surface area contributed by atoms with Crippen LogP contribution < -0.4 is 5.73 Å². The number of allylic oxidation sites excluding steroid dienone is 3. The summed E-state index contributed by atoms with van der Waals surface area (Å²) >= 11 is 0. The lowest BCUT2D eigenvalue weighted by Gasteiger charge is -2.17. The van der Waals surface area contributed by atoms with Crippen molar-refractivity contribution in [2.45, 2.75) is 18.9 Å². The molecule has 78 valence electrons. The van der Waals surface area contributed by atoms with E-state index in [9.17, 15) is 4.79 Å². The summed E-state index contributed by atoms with van der Waals surface area (Å²) in [5.74, 6) is 0.0880. The minimum Gasteiger partial charge on any atom is -0.497 e. The molecule has 1 aliphatic rings. The van der Waals surface area contributed by atoms with Gasteiger partial charge in [-0.25, -0.2) is 0 Å². The molecule has 4 heteroatoms. The number of hydrogen-bond acceptors (Lipinski definition) is 3. The molecule has 0 radical (unpaired) electrons. The van der Waals surface area contributed by atoms with Gasteiger partial charge in [-0.15, -0.1) is 0 Å². The van der Waals surface area contributed by atoms with E-state index in [0.717, 1.165) is 12.2 Å². The Morgan fingerprint density at radius 2 is 2.57 bits per heavy atom. The molecule has 14 heavy (non-hydrogen) atoms. The van der Waals surface area contributed by atoms with Crippen molar-refractivity contribution >= 4 is 5.97 Å². The highest BCUT2D eigenvalue weighted by Crippen LogP contribution is 2.20. The van der Waals surface area contributed by atoms with Gasteiger partial charge in [-0.1, -0.05) is 6.08 Å². The van der Waals surface area contributed by atoms with Crippen LogP contribution in [-0.4, -0.2) is 24.2 Å². The summed E-state index contributed by atoms with van der Waals surface area (Å²) in [6, 6.07) is -0.776. The summed E-state index contributed by atoms with van der Waals surface area (Å²) in [7, 11) is 1.61. The molecule has 0 aromatic carbocycles. The molecule has 0 aromatic heterocycles. The molecule has 0 heterocycles. The van der Waals surface area contributed by atoms with E-state index in [1.54, 1.807) is 7.11 Å². The fourth-order valence-electron chi connectivity index (χ4n) is 1.40. The first kappa shape index (κ1) is 10.8. The zero-order valence-electron chi connectivity index (χ0n) is 8.14. The van der Waals surface area contributed by atoms with Gasteiger partial charge in [0.25, 0.3) is 0 Å². The minimum atomic E-state index is -0.945. The van der Waals surface area contributed by atoms with Crippen molar-refractivity contribution in [1.82, 2.24) is 0 Å². The highest BCUT2D eigenvalue weighted by Gasteiger charge is 2.17. The zero-order chi connectivity index (χ0) is 10.6. The van der Waals surface area contributed by atoms with E-state index in [-0.39, 0.29) is 5.92 Å². The summed E-state index contributed by atoms with van der Waals surface area (Å²) in [5, 5.41) is 8.62. The van der Waals surface area contributed by atoms with Crippen LogP contribution in [0.25, 0.3) is 0 Å². The average molecular weight is 197 g/mol. The third kappa shape index (κ3) is 2.88. The van der Waals surface area contributed by atoms with Gasteiger partial charge in [0, 0.05) is 0 Å². The Morgan fingerprint density at radius 1 is 1.86 bits per heavy atom. The number of ether oxygens (including phenoxy) is 1. The van der Waals surface area contributed by atoms with E-state index >= 15 is 0 Å². The Hall–Kier alpha value is -1.29. The lowest BCUT2D eigenvalue weighted by atomic mass is 9.93. The molecule has 4 nitrogen and oxygen atoms in total. The lowest BCUT2D eigenvalue weighted by Crippen LogP contribution is -2.32. The first-order valence-corrected chi connectivity index (χ1v) is 4.54. The van der Waals surface area contributed by atoms with Crippen LogP contribution in [0.5, 0.6) is 0 Å². The molecule has 2 unspecified atom stereocenters. The van der Waals surface area contributed by atoms with E-state index in [1.165, 1.54) is 0 Å². The van der Waals surface area contributed by atoms with Crippen molar-refractivity contribution in [2.24, 2.45) is 11.7 Å². The number of methoxy groups -OCH3 is 1. The first-order valence-electron chi connectivity index (χ1n) is 4.54. The Morgan fingerprint density at radius 3 is 3.00 bits per heavy atom. The normalized spacial score (nSPS) is 22.7. The summed E-state index contributed by atoms with van der Waals surface area (Å²) in [5.41, 5.74) is 5.43. The van der Waals surface area contributed by atoms with Crippen molar-refractivity contribution in [3.8, 4) is 0 Å². The van der Waals surface area contributed by atoms with Crippen molar-refractivity contribution < 1.29 is 14.6 Å². The van der Waals surface area contributed by atoms with Crippen molar-refractivity contribution in [3.05, 3.63) is 24.0 Å². The molecule has 0 saturated heterocycles. The zero-order valence-corrected chi connectivity index (χ0v) is 8.14. The van der Waals surface area contributed by atoms with E-state index in [1.807, 2.05) is 18.2 Å². The quantitative estimate of drug-likeness (QED) is 0.702. The number of hydrogen-bond donors (Lipinski definition) is 2. The fraction of sp³-hybridized carbons (Fsp3) is 0.500. The minimum absolute atomic E-state index is 0.208. The molecule has 0 amide bonds. The Labute approximate surface area is 83.0 Å². The summed E-state index contributed by atoms with van der Waals surface area (Å²) in [6.45, 7) is 0. The van der Waals surface area contributed by atoms with Gasteiger partial charge in [0.15, 0.2) is 0 Å². The predicted molar refractivity (Wildman–Crippen MR) is 52.6 cm³/mol. The van der Waals surface area contributed by atoms with Crippen LogP contribution in [-0.2, 0) is 9.53 Å². The number of nitrogens with two attached hydrogens (primary N) is 1. The topological polar surface area (TPSA) is 72.5 Å². The number of carbonyl (C=O) groups is 1. The van der Waals surface area contributed by atoms with Crippen LogP contribution in [0.3, 0.4) is 0 Å². The van der Waals surface area contributed by atoms with Gasteiger partial charge in [-0.2, -0.15) is 0 Å². The molecule has 1 rings (SSSR count). The monoisotopic (exact) mass is 197 g/mol. The van der Waals surface area contributed by atoms with Crippen LogP contribution >= 0.6 is 0 Å². The summed E-state index contributed by atoms with van der Waals surface area (Å²) in [4.78, 5) is 10.5. The predicted octanol–water partition coefficient (Wildman–Crippen LogP) is 0.895. The standard InChI is InChI=1S/C10H15NO3/c1-14-8-4-2-7(3-5-8)6-9(11)10(12)13/h2,4-5,7,9H,3,6,11H2,1H3,(H,12,13). The number of carboxylic acid groups (broad SMARTS) is 1. The smallest absolute Gasteiger partial charge is 0.320 e.